The Morgan fingerprint density at radius 3 is 2.13 bits per heavy atom. The molecule has 0 radical (unpaired) electrons. The maximum Gasteiger partial charge on any atom is 0.335 e. The zero-order valence-electron chi connectivity index (χ0n) is 21.6. The molecule has 3 aromatic carbocycles. The standard InChI is InChI=1S/C30H34N2O5S/c1-23-7-5-6-8-27(23)21-32(38(36,37)29-9-3-2-4-10-29)20-25-13-17-28(18-14-25)31(22-33)19-24-11-15-26(16-12-24)30(34)35/h2-12,15-16,22,25,28H,13-14,17-21H2,1H3,(H,34,35). The lowest BCUT2D eigenvalue weighted by Crippen LogP contribution is -2.40. The van der Waals surface area contributed by atoms with Crippen molar-refractivity contribution in [1.82, 2.24) is 9.21 Å². The van der Waals surface area contributed by atoms with E-state index in [1.807, 2.05) is 37.3 Å². The summed E-state index contributed by atoms with van der Waals surface area (Å²) in [7, 11) is -3.68. The molecule has 0 atom stereocenters. The highest BCUT2D eigenvalue weighted by Crippen LogP contribution is 2.31. The average molecular weight is 535 g/mol. The fourth-order valence-electron chi connectivity index (χ4n) is 5.13. The fraction of sp³-hybridized carbons (Fsp3) is 0.333. The number of carbonyl (C=O) groups is 2. The van der Waals surface area contributed by atoms with Gasteiger partial charge in [0.25, 0.3) is 0 Å². The smallest absolute Gasteiger partial charge is 0.335 e. The second-order valence-corrected chi connectivity index (χ2v) is 11.9. The molecule has 3 aromatic rings. The van der Waals surface area contributed by atoms with Crippen molar-refractivity contribution in [2.45, 2.75) is 56.6 Å². The van der Waals surface area contributed by atoms with Crippen LogP contribution < -0.4 is 0 Å². The van der Waals surface area contributed by atoms with Crippen LogP contribution in [0.15, 0.2) is 83.8 Å². The molecule has 0 aromatic heterocycles. The zero-order chi connectivity index (χ0) is 27.1. The van der Waals surface area contributed by atoms with Crippen LogP contribution in [0.4, 0.5) is 0 Å². The molecule has 0 bridgehead atoms. The first-order valence-corrected chi connectivity index (χ1v) is 14.3. The predicted molar refractivity (Wildman–Crippen MR) is 146 cm³/mol. The fourth-order valence-corrected chi connectivity index (χ4v) is 6.65. The SMILES string of the molecule is Cc1ccccc1CN(CC1CCC(N(C=O)Cc2ccc(C(=O)O)cc2)CC1)S(=O)(=O)c1ccccc1. The summed E-state index contributed by atoms with van der Waals surface area (Å²) in [5.41, 5.74) is 3.14. The van der Waals surface area contributed by atoms with Crippen LogP contribution in [0.25, 0.3) is 0 Å². The lowest BCUT2D eigenvalue weighted by molar-refractivity contribution is -0.121. The lowest BCUT2D eigenvalue weighted by atomic mass is 9.85. The van der Waals surface area contributed by atoms with Gasteiger partial charge >= 0.3 is 5.97 Å². The van der Waals surface area contributed by atoms with E-state index in [0.717, 1.165) is 48.8 Å². The Balaban J connectivity index is 1.43. The molecular weight excluding hydrogens is 500 g/mol. The van der Waals surface area contributed by atoms with Gasteiger partial charge in [-0.15, -0.1) is 0 Å². The molecule has 0 saturated heterocycles. The second-order valence-electron chi connectivity index (χ2n) is 9.99. The lowest BCUT2D eigenvalue weighted by Gasteiger charge is -2.36. The number of carboxylic acid groups (broad SMARTS) is 1. The van der Waals surface area contributed by atoms with E-state index in [1.54, 1.807) is 57.7 Å². The summed E-state index contributed by atoms with van der Waals surface area (Å²) in [5.74, 6) is -0.787. The number of hydrogen-bond acceptors (Lipinski definition) is 4. The highest BCUT2D eigenvalue weighted by molar-refractivity contribution is 7.89. The minimum absolute atomic E-state index is 0.0680. The van der Waals surface area contributed by atoms with E-state index in [1.165, 1.54) is 0 Å². The Morgan fingerprint density at radius 2 is 1.53 bits per heavy atom. The molecule has 1 N–H and O–H groups in total. The minimum atomic E-state index is -3.68. The van der Waals surface area contributed by atoms with Crippen molar-refractivity contribution in [3.63, 3.8) is 0 Å². The molecule has 8 heteroatoms. The Morgan fingerprint density at radius 1 is 0.895 bits per heavy atom. The van der Waals surface area contributed by atoms with Crippen LogP contribution in [0.3, 0.4) is 0 Å². The van der Waals surface area contributed by atoms with Gasteiger partial charge in [0.2, 0.25) is 16.4 Å². The summed E-state index contributed by atoms with van der Waals surface area (Å²) < 4.78 is 28.9. The molecule has 200 valence electrons. The number of amides is 1. The van der Waals surface area contributed by atoms with E-state index in [-0.39, 0.29) is 17.5 Å². The third-order valence-corrected chi connectivity index (χ3v) is 9.26. The van der Waals surface area contributed by atoms with Crippen molar-refractivity contribution in [3.8, 4) is 0 Å². The number of sulfonamides is 1. The number of benzene rings is 3. The van der Waals surface area contributed by atoms with Gasteiger partial charge in [-0.2, -0.15) is 4.31 Å². The van der Waals surface area contributed by atoms with E-state index >= 15 is 0 Å². The molecule has 1 fully saturated rings. The molecule has 0 heterocycles. The van der Waals surface area contributed by atoms with Crippen molar-refractivity contribution in [2.24, 2.45) is 5.92 Å². The highest BCUT2D eigenvalue weighted by Gasteiger charge is 2.31. The number of rotatable bonds is 11. The Kier molecular flexibility index (Phi) is 8.97. The monoisotopic (exact) mass is 534 g/mol. The first kappa shape index (κ1) is 27.5. The van der Waals surface area contributed by atoms with Gasteiger partial charge in [-0.05, 0) is 79.5 Å². The number of carboxylic acids is 1. The van der Waals surface area contributed by atoms with E-state index in [4.69, 9.17) is 5.11 Å². The molecule has 0 unspecified atom stereocenters. The van der Waals surface area contributed by atoms with Crippen molar-refractivity contribution in [3.05, 3.63) is 101 Å². The first-order chi connectivity index (χ1) is 18.3. The van der Waals surface area contributed by atoms with Gasteiger partial charge in [-0.25, -0.2) is 13.2 Å². The summed E-state index contributed by atoms with van der Waals surface area (Å²) in [5, 5.41) is 9.10. The van der Waals surface area contributed by atoms with E-state index < -0.39 is 16.0 Å². The van der Waals surface area contributed by atoms with Crippen molar-refractivity contribution >= 4 is 22.4 Å². The normalized spacial score (nSPS) is 17.7. The van der Waals surface area contributed by atoms with Crippen molar-refractivity contribution in [2.75, 3.05) is 6.54 Å². The molecule has 0 spiro atoms. The third kappa shape index (κ3) is 6.68. The van der Waals surface area contributed by atoms with Crippen LogP contribution >= 0.6 is 0 Å². The van der Waals surface area contributed by atoms with Gasteiger partial charge < -0.3 is 10.0 Å². The summed E-state index contributed by atoms with van der Waals surface area (Å²) >= 11 is 0. The third-order valence-electron chi connectivity index (χ3n) is 7.44. The van der Waals surface area contributed by atoms with Gasteiger partial charge in [0, 0.05) is 25.7 Å². The van der Waals surface area contributed by atoms with Crippen molar-refractivity contribution < 1.29 is 23.1 Å². The van der Waals surface area contributed by atoms with Crippen LogP contribution in [-0.2, 0) is 27.9 Å². The molecule has 0 aliphatic heterocycles. The molecule has 1 aliphatic carbocycles. The number of hydrogen-bond donors (Lipinski definition) is 1. The maximum absolute atomic E-state index is 13.6. The molecule has 38 heavy (non-hydrogen) atoms. The quantitative estimate of drug-likeness (QED) is 0.345. The zero-order valence-corrected chi connectivity index (χ0v) is 22.4. The number of aryl methyl sites for hydroxylation is 1. The summed E-state index contributed by atoms with van der Waals surface area (Å²) in [6, 6.07) is 23.1. The van der Waals surface area contributed by atoms with E-state index in [9.17, 15) is 18.0 Å². The summed E-state index contributed by atoms with van der Waals surface area (Å²) in [4.78, 5) is 25.1. The van der Waals surface area contributed by atoms with E-state index in [2.05, 4.69) is 0 Å². The van der Waals surface area contributed by atoms with Gasteiger partial charge in [0.15, 0.2) is 0 Å². The van der Waals surface area contributed by atoms with Gasteiger partial charge in [-0.1, -0.05) is 54.6 Å². The topological polar surface area (TPSA) is 95.0 Å². The largest absolute Gasteiger partial charge is 0.478 e. The molecule has 4 rings (SSSR count). The number of carbonyl (C=O) groups excluding carboxylic acids is 1. The van der Waals surface area contributed by atoms with Crippen LogP contribution in [0, 0.1) is 12.8 Å². The van der Waals surface area contributed by atoms with E-state index in [0.29, 0.717) is 24.5 Å². The number of aromatic carboxylic acids is 1. The first-order valence-electron chi connectivity index (χ1n) is 12.9. The predicted octanol–water partition coefficient (Wildman–Crippen LogP) is 5.10. The highest BCUT2D eigenvalue weighted by atomic mass is 32.2. The van der Waals surface area contributed by atoms with Crippen LogP contribution in [0.2, 0.25) is 0 Å². The maximum atomic E-state index is 13.6. The Bertz CT molecular complexity index is 1330. The minimum Gasteiger partial charge on any atom is -0.478 e. The molecule has 1 amide bonds. The molecule has 7 nitrogen and oxygen atoms in total. The Hall–Kier alpha value is -3.49. The summed E-state index contributed by atoms with van der Waals surface area (Å²) in [6.07, 6.45) is 4.09. The van der Waals surface area contributed by atoms with Gasteiger partial charge in [0.05, 0.1) is 10.5 Å². The van der Waals surface area contributed by atoms with Crippen LogP contribution in [-0.4, -0.2) is 47.7 Å². The average Bonchev–Trinajstić information content (AvgIpc) is 2.93. The van der Waals surface area contributed by atoms with Gasteiger partial charge in [0.1, 0.15) is 0 Å². The van der Waals surface area contributed by atoms with Gasteiger partial charge in [-0.3, -0.25) is 4.79 Å². The number of nitrogens with zero attached hydrogens (tertiary/aromatic N) is 2. The van der Waals surface area contributed by atoms with Crippen LogP contribution in [0.5, 0.6) is 0 Å². The summed E-state index contributed by atoms with van der Waals surface area (Å²) in [6.45, 7) is 3.16. The molecular formula is C30H34N2O5S. The second kappa shape index (κ2) is 12.4. The molecule has 1 aliphatic rings. The molecule has 1 saturated carbocycles. The van der Waals surface area contributed by atoms with Crippen molar-refractivity contribution in [1.29, 1.82) is 0 Å². The van der Waals surface area contributed by atoms with Crippen LogP contribution in [0.1, 0.15) is 52.7 Å². The Labute approximate surface area is 224 Å².